The van der Waals surface area contributed by atoms with Gasteiger partial charge in [-0.15, -0.1) is 12.4 Å². The van der Waals surface area contributed by atoms with E-state index >= 15 is 0 Å². The lowest BCUT2D eigenvalue weighted by atomic mass is 9.50. The van der Waals surface area contributed by atoms with Gasteiger partial charge in [0.05, 0.1) is 5.60 Å². The molecule has 4 aliphatic carbocycles. The number of hydrogen-bond acceptors (Lipinski definition) is 2. The molecule has 0 saturated heterocycles. The molecule has 3 heteroatoms. The van der Waals surface area contributed by atoms with Crippen molar-refractivity contribution in [1.29, 1.82) is 0 Å². The van der Waals surface area contributed by atoms with Crippen molar-refractivity contribution in [2.75, 3.05) is 6.54 Å². The quantitative estimate of drug-likeness (QED) is 0.700. The maximum atomic E-state index is 10.5. The van der Waals surface area contributed by atoms with Gasteiger partial charge in [-0.25, -0.2) is 0 Å². The van der Waals surface area contributed by atoms with Gasteiger partial charge in [-0.2, -0.15) is 0 Å². The van der Waals surface area contributed by atoms with Crippen molar-refractivity contribution in [1.82, 2.24) is 0 Å². The highest BCUT2D eigenvalue weighted by Gasteiger charge is 2.55. The molecule has 2 nitrogen and oxygen atoms in total. The number of rotatable bonds is 1. The van der Waals surface area contributed by atoms with Gasteiger partial charge in [-0.05, 0) is 56.4 Å². The second kappa shape index (κ2) is 3.36. The summed E-state index contributed by atoms with van der Waals surface area (Å²) in [4.78, 5) is 0. The molecule has 0 aromatic rings. The molecule has 3 atom stereocenters. The number of hydrogen-bond donors (Lipinski definition) is 2. The summed E-state index contributed by atoms with van der Waals surface area (Å²) in [6.45, 7) is 0.695. The lowest BCUT2D eigenvalue weighted by molar-refractivity contribution is -0.167. The van der Waals surface area contributed by atoms with E-state index in [9.17, 15) is 5.11 Å². The average Bonchev–Trinajstić information content (AvgIpc) is 2.00. The Hall–Kier alpha value is 0.210. The molecule has 3 unspecified atom stereocenters. The zero-order chi connectivity index (χ0) is 9.05. The van der Waals surface area contributed by atoms with Gasteiger partial charge in [-0.1, -0.05) is 0 Å². The van der Waals surface area contributed by atoms with Crippen LogP contribution in [-0.4, -0.2) is 17.3 Å². The Labute approximate surface area is 91.7 Å². The van der Waals surface area contributed by atoms with Gasteiger partial charge in [0.2, 0.25) is 0 Å². The molecule has 4 fully saturated rings. The van der Waals surface area contributed by atoms with Crippen LogP contribution >= 0.6 is 12.4 Å². The Balaban J connectivity index is 0.000000750. The maximum Gasteiger partial charge on any atom is 0.0695 e. The van der Waals surface area contributed by atoms with Crippen molar-refractivity contribution in [2.45, 2.75) is 37.7 Å². The third kappa shape index (κ3) is 1.31. The highest BCUT2D eigenvalue weighted by Crippen LogP contribution is 2.58. The Morgan fingerprint density at radius 1 is 1.14 bits per heavy atom. The van der Waals surface area contributed by atoms with Gasteiger partial charge in [0.1, 0.15) is 0 Å². The van der Waals surface area contributed by atoms with Crippen LogP contribution in [0.2, 0.25) is 0 Å². The Morgan fingerprint density at radius 3 is 2.14 bits per heavy atom. The first kappa shape index (κ1) is 10.7. The zero-order valence-electron chi connectivity index (χ0n) is 8.48. The molecule has 4 rings (SSSR count). The fraction of sp³-hybridized carbons (Fsp3) is 1.00. The van der Waals surface area contributed by atoms with E-state index in [0.717, 1.165) is 30.6 Å². The molecule has 0 aromatic carbocycles. The van der Waals surface area contributed by atoms with Crippen LogP contribution < -0.4 is 5.73 Å². The monoisotopic (exact) mass is 217 g/mol. The molecule has 4 bridgehead atoms. The van der Waals surface area contributed by atoms with Gasteiger partial charge < -0.3 is 10.8 Å². The number of nitrogens with two attached hydrogens (primary N) is 1. The molecule has 0 aromatic heterocycles. The van der Waals surface area contributed by atoms with E-state index in [1.165, 1.54) is 19.3 Å². The van der Waals surface area contributed by atoms with Gasteiger partial charge in [0.25, 0.3) is 0 Å². The molecule has 82 valence electrons. The molecule has 0 heterocycles. The van der Waals surface area contributed by atoms with E-state index in [0.29, 0.717) is 12.5 Å². The zero-order valence-corrected chi connectivity index (χ0v) is 9.30. The van der Waals surface area contributed by atoms with Gasteiger partial charge >= 0.3 is 0 Å². The van der Waals surface area contributed by atoms with Crippen LogP contribution in [0.5, 0.6) is 0 Å². The number of halogens is 1. The summed E-state index contributed by atoms with van der Waals surface area (Å²) < 4.78 is 0. The molecule has 0 radical (unpaired) electrons. The fourth-order valence-electron chi connectivity index (χ4n) is 4.51. The molecule has 4 saturated carbocycles. The second-order valence-corrected chi connectivity index (χ2v) is 5.55. The van der Waals surface area contributed by atoms with E-state index in [-0.39, 0.29) is 18.0 Å². The Kier molecular flexibility index (Phi) is 2.57. The third-order valence-electron chi connectivity index (χ3n) is 4.74. The largest absolute Gasteiger partial charge is 0.390 e. The van der Waals surface area contributed by atoms with E-state index in [1.807, 2.05) is 0 Å². The van der Waals surface area contributed by atoms with Crippen molar-refractivity contribution in [2.24, 2.45) is 29.4 Å². The van der Waals surface area contributed by atoms with Crippen LogP contribution in [0.25, 0.3) is 0 Å². The highest BCUT2D eigenvalue weighted by atomic mass is 35.5. The molecule has 3 N–H and O–H groups in total. The minimum atomic E-state index is -0.358. The summed E-state index contributed by atoms with van der Waals surface area (Å²) in [7, 11) is 0. The summed E-state index contributed by atoms with van der Waals surface area (Å²) in [5.41, 5.74) is 5.42. The highest BCUT2D eigenvalue weighted by molar-refractivity contribution is 5.85. The van der Waals surface area contributed by atoms with Crippen molar-refractivity contribution in [3.05, 3.63) is 0 Å². The van der Waals surface area contributed by atoms with Gasteiger partial charge in [0, 0.05) is 5.92 Å². The van der Waals surface area contributed by atoms with Crippen LogP contribution in [0.1, 0.15) is 32.1 Å². The minimum Gasteiger partial charge on any atom is -0.390 e. The minimum absolute atomic E-state index is 0. The first-order chi connectivity index (χ1) is 6.21. The van der Waals surface area contributed by atoms with Gasteiger partial charge in [0.15, 0.2) is 0 Å². The molecular formula is C11H20ClNO. The van der Waals surface area contributed by atoms with Crippen molar-refractivity contribution < 1.29 is 5.11 Å². The first-order valence-corrected chi connectivity index (χ1v) is 5.64. The molecule has 4 aliphatic rings. The van der Waals surface area contributed by atoms with Crippen LogP contribution in [0.4, 0.5) is 0 Å². The summed E-state index contributed by atoms with van der Waals surface area (Å²) in [6.07, 6.45) is 6.17. The molecule has 0 spiro atoms. The maximum absolute atomic E-state index is 10.5. The molecular weight excluding hydrogens is 198 g/mol. The van der Waals surface area contributed by atoms with Crippen LogP contribution in [-0.2, 0) is 0 Å². The van der Waals surface area contributed by atoms with Crippen molar-refractivity contribution in [3.8, 4) is 0 Å². The summed E-state index contributed by atoms with van der Waals surface area (Å²) in [5.74, 6) is 2.82. The van der Waals surface area contributed by atoms with E-state index in [4.69, 9.17) is 5.73 Å². The standard InChI is InChI=1S/C11H19NO.ClH/c12-6-10-9-2-7-1-8(3-9)5-11(10,13)4-7;/h7-10,13H,1-6,12H2;1H. The smallest absolute Gasteiger partial charge is 0.0695 e. The first-order valence-electron chi connectivity index (χ1n) is 5.64. The summed E-state index contributed by atoms with van der Waals surface area (Å²) >= 11 is 0. The predicted octanol–water partition coefficient (Wildman–Crippen LogP) is 1.55. The molecule has 14 heavy (non-hydrogen) atoms. The van der Waals surface area contributed by atoms with Crippen molar-refractivity contribution in [3.63, 3.8) is 0 Å². The SMILES string of the molecule is Cl.NCC1C2CC3CC(C2)CC1(O)C3. The van der Waals surface area contributed by atoms with Crippen LogP contribution in [0, 0.1) is 23.7 Å². The molecule has 0 aliphatic heterocycles. The predicted molar refractivity (Wildman–Crippen MR) is 58.3 cm³/mol. The number of aliphatic hydroxyl groups is 1. The third-order valence-corrected chi connectivity index (χ3v) is 4.74. The Bertz CT molecular complexity index is 219. The fourth-order valence-corrected chi connectivity index (χ4v) is 4.51. The van der Waals surface area contributed by atoms with Crippen LogP contribution in [0.15, 0.2) is 0 Å². The van der Waals surface area contributed by atoms with E-state index in [2.05, 4.69) is 0 Å². The Morgan fingerprint density at radius 2 is 1.71 bits per heavy atom. The second-order valence-electron chi connectivity index (χ2n) is 5.55. The average molecular weight is 218 g/mol. The lowest BCUT2D eigenvalue weighted by Gasteiger charge is -2.58. The van der Waals surface area contributed by atoms with E-state index < -0.39 is 0 Å². The van der Waals surface area contributed by atoms with E-state index in [1.54, 1.807) is 0 Å². The summed E-state index contributed by atoms with van der Waals surface area (Å²) in [6, 6.07) is 0. The van der Waals surface area contributed by atoms with Crippen LogP contribution in [0.3, 0.4) is 0 Å². The normalized spacial score (nSPS) is 54.4. The topological polar surface area (TPSA) is 46.2 Å². The van der Waals surface area contributed by atoms with Crippen molar-refractivity contribution >= 4 is 12.4 Å². The summed E-state index contributed by atoms with van der Waals surface area (Å²) in [5, 5.41) is 10.5. The van der Waals surface area contributed by atoms with Gasteiger partial charge in [-0.3, -0.25) is 0 Å². The molecule has 0 amide bonds. The lowest BCUT2D eigenvalue weighted by Crippen LogP contribution is -2.59.